The number of hydrogen-bond donors (Lipinski definition) is 2. The van der Waals surface area contributed by atoms with Gasteiger partial charge in [-0.05, 0) is 32.9 Å². The van der Waals surface area contributed by atoms with Crippen LogP contribution in [0.2, 0.25) is 5.02 Å². The van der Waals surface area contributed by atoms with E-state index in [9.17, 15) is 0 Å². The van der Waals surface area contributed by atoms with Crippen molar-refractivity contribution in [1.82, 2.24) is 4.98 Å². The van der Waals surface area contributed by atoms with Crippen LogP contribution in [0.25, 0.3) is 0 Å². The van der Waals surface area contributed by atoms with Gasteiger partial charge >= 0.3 is 0 Å². The number of aromatic nitrogens is 1. The van der Waals surface area contributed by atoms with Crippen molar-refractivity contribution < 1.29 is 0 Å². The number of nitrogens with one attached hydrogen (secondary N) is 1. The lowest BCUT2D eigenvalue weighted by atomic mass is 10.1. The molecule has 4 heteroatoms. The van der Waals surface area contributed by atoms with Crippen molar-refractivity contribution in [2.45, 2.75) is 32.9 Å². The maximum atomic E-state index is 5.90. The van der Waals surface area contributed by atoms with Crippen LogP contribution in [0, 0.1) is 0 Å². The largest absolute Gasteiger partial charge is 0.365 e. The number of hydrogen-bond acceptors (Lipinski definition) is 3. The molecule has 0 aliphatic rings. The molecule has 0 aliphatic carbocycles. The molecule has 0 atom stereocenters. The summed E-state index contributed by atoms with van der Waals surface area (Å²) in [6.07, 6.45) is 0. The van der Waals surface area contributed by atoms with Gasteiger partial charge in [-0.25, -0.2) is 4.98 Å². The highest BCUT2D eigenvalue weighted by Gasteiger charge is 2.10. The third-order valence-electron chi connectivity index (χ3n) is 1.62. The summed E-state index contributed by atoms with van der Waals surface area (Å²) >= 11 is 5.90. The zero-order valence-corrected chi connectivity index (χ0v) is 9.52. The van der Waals surface area contributed by atoms with Crippen molar-refractivity contribution >= 4 is 17.4 Å². The Morgan fingerprint density at radius 3 is 2.57 bits per heavy atom. The molecule has 1 aromatic rings. The van der Waals surface area contributed by atoms with E-state index in [1.165, 1.54) is 0 Å². The van der Waals surface area contributed by atoms with E-state index in [1.54, 1.807) is 0 Å². The highest BCUT2D eigenvalue weighted by atomic mass is 35.5. The van der Waals surface area contributed by atoms with E-state index in [2.05, 4.69) is 31.1 Å². The second kappa shape index (κ2) is 4.15. The van der Waals surface area contributed by atoms with Crippen molar-refractivity contribution in [3.63, 3.8) is 0 Å². The van der Waals surface area contributed by atoms with Crippen molar-refractivity contribution in [3.8, 4) is 0 Å². The van der Waals surface area contributed by atoms with E-state index in [-0.39, 0.29) is 5.54 Å². The molecule has 0 aromatic carbocycles. The van der Waals surface area contributed by atoms with Gasteiger partial charge in [-0.2, -0.15) is 0 Å². The Morgan fingerprint density at radius 1 is 1.43 bits per heavy atom. The summed E-state index contributed by atoms with van der Waals surface area (Å²) in [6, 6.07) is 3.66. The first kappa shape index (κ1) is 11.3. The number of rotatable bonds is 2. The summed E-state index contributed by atoms with van der Waals surface area (Å²) < 4.78 is 0. The van der Waals surface area contributed by atoms with E-state index in [0.29, 0.717) is 11.6 Å². The Morgan fingerprint density at radius 2 is 2.07 bits per heavy atom. The molecular formula is C10H16ClN3. The molecular weight excluding hydrogens is 198 g/mol. The van der Waals surface area contributed by atoms with E-state index in [0.717, 1.165) is 11.5 Å². The summed E-state index contributed by atoms with van der Waals surface area (Å²) in [5.41, 5.74) is 6.22. The minimum Gasteiger partial charge on any atom is -0.365 e. The summed E-state index contributed by atoms with van der Waals surface area (Å²) in [5.74, 6) is 0.808. The summed E-state index contributed by atoms with van der Waals surface area (Å²) in [5, 5.41) is 3.88. The van der Waals surface area contributed by atoms with Gasteiger partial charge < -0.3 is 11.1 Å². The van der Waals surface area contributed by atoms with Gasteiger partial charge in [-0.1, -0.05) is 11.6 Å². The maximum Gasteiger partial charge on any atom is 0.126 e. The Hall–Kier alpha value is -0.800. The zero-order valence-electron chi connectivity index (χ0n) is 8.76. The van der Waals surface area contributed by atoms with Crippen molar-refractivity contribution in [2.24, 2.45) is 5.73 Å². The lowest BCUT2D eigenvalue weighted by molar-refractivity contribution is 0.629. The third-order valence-corrected chi connectivity index (χ3v) is 1.96. The number of anilines is 1. The number of nitrogens with zero attached hydrogens (tertiary/aromatic N) is 1. The van der Waals surface area contributed by atoms with Crippen molar-refractivity contribution in [1.29, 1.82) is 0 Å². The van der Waals surface area contributed by atoms with E-state index in [4.69, 9.17) is 17.3 Å². The molecule has 0 bridgehead atoms. The van der Waals surface area contributed by atoms with Crippen LogP contribution in [-0.2, 0) is 6.54 Å². The standard InChI is InChI=1S/C10H16ClN3/c1-10(2,3)14-9-5-4-7(11)8(6-12)13-9/h4-5H,6,12H2,1-3H3,(H,13,14). The first-order valence-corrected chi connectivity index (χ1v) is 4.94. The van der Waals surface area contributed by atoms with Gasteiger partial charge in [-0.15, -0.1) is 0 Å². The Kier molecular flexibility index (Phi) is 3.34. The molecule has 3 nitrogen and oxygen atoms in total. The van der Waals surface area contributed by atoms with E-state index >= 15 is 0 Å². The molecule has 0 unspecified atom stereocenters. The molecule has 0 radical (unpaired) electrons. The molecule has 0 fully saturated rings. The minimum atomic E-state index is -0.00724. The quantitative estimate of drug-likeness (QED) is 0.793. The topological polar surface area (TPSA) is 50.9 Å². The molecule has 0 saturated heterocycles. The average molecular weight is 214 g/mol. The van der Waals surface area contributed by atoms with Crippen LogP contribution in [0.4, 0.5) is 5.82 Å². The van der Waals surface area contributed by atoms with Gasteiger partial charge in [0.05, 0.1) is 10.7 Å². The second-order valence-electron chi connectivity index (χ2n) is 4.20. The monoisotopic (exact) mass is 213 g/mol. The molecule has 78 valence electrons. The fraction of sp³-hybridized carbons (Fsp3) is 0.500. The van der Waals surface area contributed by atoms with E-state index in [1.807, 2.05) is 12.1 Å². The van der Waals surface area contributed by atoms with Crippen LogP contribution < -0.4 is 11.1 Å². The lowest BCUT2D eigenvalue weighted by Gasteiger charge is -2.21. The van der Waals surface area contributed by atoms with Crippen LogP contribution in [0.3, 0.4) is 0 Å². The van der Waals surface area contributed by atoms with Crippen LogP contribution in [-0.4, -0.2) is 10.5 Å². The molecule has 1 heterocycles. The normalized spacial score (nSPS) is 11.5. The Bertz CT molecular complexity index is 318. The third kappa shape index (κ3) is 3.16. The SMILES string of the molecule is CC(C)(C)Nc1ccc(Cl)c(CN)n1. The molecule has 0 aliphatic heterocycles. The van der Waals surface area contributed by atoms with Gasteiger partial charge in [0.15, 0.2) is 0 Å². The molecule has 1 rings (SSSR count). The summed E-state index contributed by atoms with van der Waals surface area (Å²) in [7, 11) is 0. The van der Waals surface area contributed by atoms with Gasteiger partial charge in [-0.3, -0.25) is 0 Å². The Balaban J connectivity index is 2.90. The molecule has 14 heavy (non-hydrogen) atoms. The van der Waals surface area contributed by atoms with Crippen molar-refractivity contribution in [3.05, 3.63) is 22.8 Å². The molecule has 0 spiro atoms. The predicted molar refractivity (Wildman–Crippen MR) is 60.5 cm³/mol. The minimum absolute atomic E-state index is 0.00724. The highest BCUT2D eigenvalue weighted by molar-refractivity contribution is 6.31. The van der Waals surface area contributed by atoms with E-state index < -0.39 is 0 Å². The predicted octanol–water partition coefficient (Wildman–Crippen LogP) is 2.40. The smallest absolute Gasteiger partial charge is 0.126 e. The van der Waals surface area contributed by atoms with Gasteiger partial charge in [0, 0.05) is 12.1 Å². The van der Waals surface area contributed by atoms with Crippen molar-refractivity contribution in [2.75, 3.05) is 5.32 Å². The maximum absolute atomic E-state index is 5.90. The second-order valence-corrected chi connectivity index (χ2v) is 4.61. The fourth-order valence-corrected chi connectivity index (χ4v) is 1.26. The first-order valence-electron chi connectivity index (χ1n) is 4.56. The lowest BCUT2D eigenvalue weighted by Crippen LogP contribution is -2.26. The number of pyridine rings is 1. The summed E-state index contributed by atoms with van der Waals surface area (Å²) in [6.45, 7) is 6.58. The highest BCUT2D eigenvalue weighted by Crippen LogP contribution is 2.18. The number of halogens is 1. The average Bonchev–Trinajstić information content (AvgIpc) is 2.06. The molecule has 0 amide bonds. The first-order chi connectivity index (χ1) is 6.42. The molecule has 1 aromatic heterocycles. The van der Waals surface area contributed by atoms with Crippen LogP contribution in [0.5, 0.6) is 0 Å². The molecule has 0 saturated carbocycles. The van der Waals surface area contributed by atoms with Crippen LogP contribution in [0.15, 0.2) is 12.1 Å². The van der Waals surface area contributed by atoms with Crippen LogP contribution >= 0.6 is 11.6 Å². The van der Waals surface area contributed by atoms with Gasteiger partial charge in [0.1, 0.15) is 5.82 Å². The van der Waals surface area contributed by atoms with Gasteiger partial charge in [0.25, 0.3) is 0 Å². The molecule has 3 N–H and O–H groups in total. The Labute approximate surface area is 89.7 Å². The zero-order chi connectivity index (χ0) is 10.8. The fourth-order valence-electron chi connectivity index (χ4n) is 1.08. The number of nitrogens with two attached hydrogens (primary N) is 1. The van der Waals surface area contributed by atoms with Crippen LogP contribution in [0.1, 0.15) is 26.5 Å². The summed E-state index contributed by atoms with van der Waals surface area (Å²) in [4.78, 5) is 4.31. The van der Waals surface area contributed by atoms with Gasteiger partial charge in [0.2, 0.25) is 0 Å².